The molecule has 1 aromatic rings. The van der Waals surface area contributed by atoms with Gasteiger partial charge >= 0.3 is 0 Å². The Morgan fingerprint density at radius 3 is 2.45 bits per heavy atom. The molecule has 29 heavy (non-hydrogen) atoms. The fraction of sp³-hybridized carbons (Fsp3) is 0.762. The lowest BCUT2D eigenvalue weighted by Crippen LogP contribution is -2.45. The molecule has 0 bridgehead atoms. The Morgan fingerprint density at radius 1 is 1.10 bits per heavy atom. The standard InChI is InChI=1S/C21H37N5O2.HI/c1-4-22-21(23-15-17(2)25-11-13-27-14-12-25)24-16-19(26-9-5-6-10-26)20-8-7-18(3)28-20;/h7-8,17,19H,4-6,9-16H2,1-3H3,(H2,22,23,24);1H. The van der Waals surface area contributed by atoms with E-state index in [0.29, 0.717) is 6.04 Å². The van der Waals surface area contributed by atoms with Crippen LogP contribution in [-0.2, 0) is 4.74 Å². The fourth-order valence-electron chi connectivity index (χ4n) is 3.99. The maximum Gasteiger partial charge on any atom is 0.191 e. The highest BCUT2D eigenvalue weighted by Crippen LogP contribution is 2.26. The number of nitrogens with zero attached hydrogens (tertiary/aromatic N) is 3. The average molecular weight is 519 g/mol. The lowest BCUT2D eigenvalue weighted by Gasteiger charge is -2.31. The molecule has 0 aromatic carbocycles. The second-order valence-corrected chi connectivity index (χ2v) is 7.81. The van der Waals surface area contributed by atoms with Crippen LogP contribution in [0.4, 0.5) is 0 Å². The van der Waals surface area contributed by atoms with Crippen molar-refractivity contribution in [2.45, 2.75) is 45.7 Å². The van der Waals surface area contributed by atoms with Gasteiger partial charge in [-0.2, -0.15) is 0 Å². The first-order chi connectivity index (χ1) is 13.7. The monoisotopic (exact) mass is 519 g/mol. The van der Waals surface area contributed by atoms with Crippen LogP contribution in [0.1, 0.15) is 44.3 Å². The summed E-state index contributed by atoms with van der Waals surface area (Å²) in [5.41, 5.74) is 0. The van der Waals surface area contributed by atoms with E-state index in [4.69, 9.17) is 14.1 Å². The van der Waals surface area contributed by atoms with E-state index < -0.39 is 0 Å². The van der Waals surface area contributed by atoms with Crippen molar-refractivity contribution in [3.8, 4) is 0 Å². The maximum atomic E-state index is 5.97. The van der Waals surface area contributed by atoms with Gasteiger partial charge in [0.2, 0.25) is 0 Å². The SMILES string of the molecule is CCNC(=NCC(C)N1CCOCC1)NCC(c1ccc(C)o1)N1CCCC1.I. The van der Waals surface area contributed by atoms with Crippen LogP contribution in [0.2, 0.25) is 0 Å². The molecular formula is C21H38IN5O2. The molecule has 7 nitrogen and oxygen atoms in total. The van der Waals surface area contributed by atoms with E-state index >= 15 is 0 Å². The Balaban J connectivity index is 0.00000300. The third kappa shape index (κ3) is 7.41. The van der Waals surface area contributed by atoms with Gasteiger partial charge in [0.05, 0.1) is 25.8 Å². The molecule has 8 heteroatoms. The topological polar surface area (TPSA) is 65.3 Å². The van der Waals surface area contributed by atoms with Gasteiger partial charge in [-0.25, -0.2) is 0 Å². The molecule has 3 heterocycles. The summed E-state index contributed by atoms with van der Waals surface area (Å²) in [5.74, 6) is 2.90. The Morgan fingerprint density at radius 2 is 1.83 bits per heavy atom. The van der Waals surface area contributed by atoms with Crippen LogP contribution in [-0.4, -0.2) is 80.8 Å². The molecule has 0 amide bonds. The van der Waals surface area contributed by atoms with Gasteiger partial charge in [0.15, 0.2) is 5.96 Å². The minimum absolute atomic E-state index is 0. The van der Waals surface area contributed by atoms with Gasteiger partial charge in [0, 0.05) is 32.2 Å². The smallest absolute Gasteiger partial charge is 0.191 e. The van der Waals surface area contributed by atoms with Crippen molar-refractivity contribution in [2.24, 2.45) is 4.99 Å². The van der Waals surface area contributed by atoms with Crippen LogP contribution >= 0.6 is 24.0 Å². The van der Waals surface area contributed by atoms with Crippen molar-refractivity contribution in [1.82, 2.24) is 20.4 Å². The number of ether oxygens (including phenoxy) is 1. The summed E-state index contributed by atoms with van der Waals surface area (Å²) in [6, 6.07) is 4.84. The molecule has 2 aliphatic rings. The normalized spacial score (nSPS) is 20.9. The van der Waals surface area contributed by atoms with E-state index in [-0.39, 0.29) is 30.0 Å². The molecule has 0 saturated carbocycles. The predicted molar refractivity (Wildman–Crippen MR) is 128 cm³/mol. The Hall–Kier alpha value is -0.840. The van der Waals surface area contributed by atoms with E-state index in [0.717, 1.165) is 76.5 Å². The van der Waals surface area contributed by atoms with Crippen molar-refractivity contribution in [3.63, 3.8) is 0 Å². The van der Waals surface area contributed by atoms with Crippen molar-refractivity contribution in [1.29, 1.82) is 0 Å². The summed E-state index contributed by atoms with van der Waals surface area (Å²) in [4.78, 5) is 9.82. The largest absolute Gasteiger partial charge is 0.465 e. The minimum Gasteiger partial charge on any atom is -0.465 e. The third-order valence-corrected chi connectivity index (χ3v) is 5.66. The molecule has 0 aliphatic carbocycles. The molecule has 0 radical (unpaired) electrons. The zero-order chi connectivity index (χ0) is 19.8. The number of aliphatic imine (C=N–C) groups is 1. The van der Waals surface area contributed by atoms with Gasteiger partial charge in [0.1, 0.15) is 11.5 Å². The van der Waals surface area contributed by atoms with Gasteiger partial charge in [-0.1, -0.05) is 0 Å². The van der Waals surface area contributed by atoms with Crippen LogP contribution < -0.4 is 10.6 Å². The first kappa shape index (κ1) is 24.4. The highest BCUT2D eigenvalue weighted by Gasteiger charge is 2.26. The first-order valence-electron chi connectivity index (χ1n) is 10.8. The molecule has 2 aliphatic heterocycles. The van der Waals surface area contributed by atoms with Crippen LogP contribution in [0.3, 0.4) is 0 Å². The number of morpholine rings is 1. The van der Waals surface area contributed by atoms with Gasteiger partial charge < -0.3 is 19.8 Å². The summed E-state index contributed by atoms with van der Waals surface area (Å²) in [5, 5.41) is 6.95. The second kappa shape index (κ2) is 12.8. The second-order valence-electron chi connectivity index (χ2n) is 7.81. The third-order valence-electron chi connectivity index (χ3n) is 5.66. The van der Waals surface area contributed by atoms with Gasteiger partial charge in [-0.15, -0.1) is 24.0 Å². The zero-order valence-electron chi connectivity index (χ0n) is 18.2. The molecule has 3 rings (SSSR count). The predicted octanol–water partition coefficient (Wildman–Crippen LogP) is 2.62. The minimum atomic E-state index is 0. The number of aryl methyl sites for hydroxylation is 1. The number of hydrogen-bond donors (Lipinski definition) is 2. The molecule has 2 atom stereocenters. The summed E-state index contributed by atoms with van der Waals surface area (Å²) in [6.45, 7) is 14.7. The van der Waals surface area contributed by atoms with Crippen molar-refractivity contribution < 1.29 is 9.15 Å². The number of furan rings is 1. The van der Waals surface area contributed by atoms with E-state index in [1.165, 1.54) is 12.8 Å². The first-order valence-corrected chi connectivity index (χ1v) is 10.8. The van der Waals surface area contributed by atoms with Crippen LogP contribution in [0.5, 0.6) is 0 Å². The summed E-state index contributed by atoms with van der Waals surface area (Å²) in [7, 11) is 0. The van der Waals surface area contributed by atoms with Crippen molar-refractivity contribution >= 4 is 29.9 Å². The molecule has 0 spiro atoms. The van der Waals surface area contributed by atoms with Crippen molar-refractivity contribution in [2.75, 3.05) is 59.0 Å². The zero-order valence-corrected chi connectivity index (χ0v) is 20.5. The number of halogens is 1. The van der Waals surface area contributed by atoms with E-state index in [1.54, 1.807) is 0 Å². The Kier molecular flexibility index (Phi) is 10.8. The number of hydrogen-bond acceptors (Lipinski definition) is 5. The number of guanidine groups is 1. The molecule has 2 fully saturated rings. The molecule has 2 saturated heterocycles. The lowest BCUT2D eigenvalue weighted by molar-refractivity contribution is 0.0220. The number of likely N-dealkylation sites (tertiary alicyclic amines) is 1. The Labute approximate surface area is 192 Å². The van der Waals surface area contributed by atoms with Gasteiger partial charge in [-0.05, 0) is 58.8 Å². The summed E-state index contributed by atoms with van der Waals surface area (Å²) < 4.78 is 11.4. The number of rotatable bonds is 8. The van der Waals surface area contributed by atoms with E-state index in [2.05, 4.69) is 46.4 Å². The summed E-state index contributed by atoms with van der Waals surface area (Å²) in [6.07, 6.45) is 2.53. The molecule has 166 valence electrons. The molecule has 2 N–H and O–H groups in total. The molecular weight excluding hydrogens is 481 g/mol. The van der Waals surface area contributed by atoms with E-state index in [9.17, 15) is 0 Å². The quantitative estimate of drug-likeness (QED) is 0.313. The Bertz CT molecular complexity index is 612. The van der Waals surface area contributed by atoms with Crippen LogP contribution in [0.15, 0.2) is 21.5 Å². The summed E-state index contributed by atoms with van der Waals surface area (Å²) >= 11 is 0. The lowest BCUT2D eigenvalue weighted by atomic mass is 10.2. The highest BCUT2D eigenvalue weighted by molar-refractivity contribution is 14.0. The van der Waals surface area contributed by atoms with Crippen LogP contribution in [0.25, 0.3) is 0 Å². The highest BCUT2D eigenvalue weighted by atomic mass is 127. The van der Waals surface area contributed by atoms with Gasteiger partial charge in [-0.3, -0.25) is 14.8 Å². The van der Waals surface area contributed by atoms with Crippen molar-refractivity contribution in [3.05, 3.63) is 23.7 Å². The van der Waals surface area contributed by atoms with Gasteiger partial charge in [0.25, 0.3) is 0 Å². The van der Waals surface area contributed by atoms with E-state index in [1.807, 2.05) is 6.92 Å². The maximum absolute atomic E-state index is 5.97. The fourth-order valence-corrected chi connectivity index (χ4v) is 3.99. The number of nitrogens with one attached hydrogen (secondary N) is 2. The average Bonchev–Trinajstić information content (AvgIpc) is 3.39. The van der Waals surface area contributed by atoms with Crippen LogP contribution in [0, 0.1) is 6.92 Å². The molecule has 2 unspecified atom stereocenters. The molecule has 1 aromatic heterocycles.